The lowest BCUT2D eigenvalue weighted by molar-refractivity contribution is 0.0914. The zero-order valence-corrected chi connectivity index (χ0v) is 9.29. The van der Waals surface area contributed by atoms with Crippen molar-refractivity contribution in [1.29, 1.82) is 0 Å². The monoisotopic (exact) mass is 227 g/mol. The van der Waals surface area contributed by atoms with Crippen molar-refractivity contribution in [2.45, 2.75) is 19.4 Å². The number of carbonyl (C=O) groups excluding carboxylic acids is 1. The molecule has 0 saturated carbocycles. The Kier molecular flexibility index (Phi) is 4.59. The zero-order chi connectivity index (χ0) is 11.3. The van der Waals surface area contributed by atoms with Gasteiger partial charge in [0.15, 0.2) is 0 Å². The Morgan fingerprint density at radius 1 is 1.60 bits per heavy atom. The Bertz CT molecular complexity index is 341. The van der Waals surface area contributed by atoms with Gasteiger partial charge >= 0.3 is 0 Å². The highest BCUT2D eigenvalue weighted by Gasteiger charge is 2.07. The Morgan fingerprint density at radius 3 is 2.93 bits per heavy atom. The predicted octanol–water partition coefficient (Wildman–Crippen LogP) is 1.84. The van der Waals surface area contributed by atoms with Crippen LogP contribution in [0.4, 0.5) is 0 Å². The molecule has 0 aromatic heterocycles. The van der Waals surface area contributed by atoms with Crippen molar-refractivity contribution in [3.05, 3.63) is 34.9 Å². The lowest BCUT2D eigenvalue weighted by Crippen LogP contribution is -2.31. The summed E-state index contributed by atoms with van der Waals surface area (Å²) in [7, 11) is 0. The maximum atomic E-state index is 11.5. The Hall–Kier alpha value is -1.06. The number of aliphatic hydroxyl groups excluding tert-OH is 1. The average Bonchev–Trinajstić information content (AvgIpc) is 2.25. The number of aliphatic hydroxyl groups is 1. The van der Waals surface area contributed by atoms with E-state index in [1.165, 1.54) is 0 Å². The van der Waals surface area contributed by atoms with Crippen molar-refractivity contribution in [2.24, 2.45) is 0 Å². The first-order valence-corrected chi connectivity index (χ1v) is 5.23. The van der Waals surface area contributed by atoms with Crippen LogP contribution in [0.1, 0.15) is 23.7 Å². The molecule has 1 unspecified atom stereocenters. The Balaban J connectivity index is 2.54. The van der Waals surface area contributed by atoms with Gasteiger partial charge in [-0.3, -0.25) is 4.79 Å². The van der Waals surface area contributed by atoms with Gasteiger partial charge in [0.25, 0.3) is 5.91 Å². The molecule has 0 bridgehead atoms. The van der Waals surface area contributed by atoms with Crippen molar-refractivity contribution in [3.63, 3.8) is 0 Å². The largest absolute Gasteiger partial charge is 0.391 e. The molecule has 0 saturated heterocycles. The summed E-state index contributed by atoms with van der Waals surface area (Å²) in [6, 6.07) is 6.70. The molecule has 0 fully saturated rings. The van der Waals surface area contributed by atoms with E-state index in [9.17, 15) is 9.90 Å². The van der Waals surface area contributed by atoms with Gasteiger partial charge in [0.05, 0.1) is 6.10 Å². The number of halogens is 1. The number of hydrogen-bond acceptors (Lipinski definition) is 2. The first-order valence-electron chi connectivity index (χ1n) is 4.85. The minimum absolute atomic E-state index is 0.218. The number of rotatable bonds is 4. The summed E-state index contributed by atoms with van der Waals surface area (Å²) in [6.45, 7) is 2.12. The molecule has 1 rings (SSSR count). The van der Waals surface area contributed by atoms with Gasteiger partial charge in [-0.25, -0.2) is 0 Å². The van der Waals surface area contributed by atoms with Crippen LogP contribution in [0.2, 0.25) is 5.02 Å². The molecule has 15 heavy (non-hydrogen) atoms. The number of hydrogen-bond donors (Lipinski definition) is 2. The summed E-state index contributed by atoms with van der Waals surface area (Å²) in [5.74, 6) is -0.218. The Labute approximate surface area is 94.1 Å². The van der Waals surface area contributed by atoms with Crippen LogP contribution in [0.25, 0.3) is 0 Å². The van der Waals surface area contributed by atoms with Gasteiger partial charge in [-0.05, 0) is 24.6 Å². The second-order valence-corrected chi connectivity index (χ2v) is 3.72. The van der Waals surface area contributed by atoms with Crippen molar-refractivity contribution < 1.29 is 9.90 Å². The zero-order valence-electron chi connectivity index (χ0n) is 8.53. The number of amides is 1. The SMILES string of the molecule is CCC(O)CNC(=O)c1cccc(Cl)c1. The van der Waals surface area contributed by atoms with E-state index in [2.05, 4.69) is 5.32 Å². The molecule has 1 aromatic carbocycles. The molecular weight excluding hydrogens is 214 g/mol. The standard InChI is InChI=1S/C11H14ClNO2/c1-2-10(14)7-13-11(15)8-4-3-5-9(12)6-8/h3-6,10,14H,2,7H2,1H3,(H,13,15). The average molecular weight is 228 g/mol. The van der Waals surface area contributed by atoms with Gasteiger partial charge in [0, 0.05) is 17.1 Å². The van der Waals surface area contributed by atoms with Crippen LogP contribution in [0.3, 0.4) is 0 Å². The van der Waals surface area contributed by atoms with Crippen molar-refractivity contribution in [3.8, 4) is 0 Å². The molecule has 0 aliphatic rings. The lowest BCUT2D eigenvalue weighted by Gasteiger charge is -2.09. The molecule has 3 nitrogen and oxygen atoms in total. The van der Waals surface area contributed by atoms with Gasteiger partial charge in [-0.15, -0.1) is 0 Å². The smallest absolute Gasteiger partial charge is 0.251 e. The first kappa shape index (κ1) is 12.0. The second kappa shape index (κ2) is 5.73. The molecule has 1 aromatic rings. The van der Waals surface area contributed by atoms with Crippen LogP contribution in [-0.4, -0.2) is 23.7 Å². The minimum Gasteiger partial charge on any atom is -0.391 e. The minimum atomic E-state index is -0.492. The topological polar surface area (TPSA) is 49.3 Å². The fourth-order valence-electron chi connectivity index (χ4n) is 1.09. The highest BCUT2D eigenvalue weighted by molar-refractivity contribution is 6.30. The van der Waals surface area contributed by atoms with Gasteiger partial charge < -0.3 is 10.4 Å². The van der Waals surface area contributed by atoms with Gasteiger partial charge in [0.1, 0.15) is 0 Å². The molecule has 0 aliphatic heterocycles. The summed E-state index contributed by atoms with van der Waals surface area (Å²) >= 11 is 5.75. The van der Waals surface area contributed by atoms with E-state index >= 15 is 0 Å². The molecule has 1 atom stereocenters. The molecule has 82 valence electrons. The van der Waals surface area contributed by atoms with Crippen LogP contribution in [0, 0.1) is 0 Å². The maximum absolute atomic E-state index is 11.5. The third-order valence-electron chi connectivity index (χ3n) is 2.06. The molecule has 1 amide bonds. The molecule has 0 heterocycles. The van der Waals surface area contributed by atoms with Gasteiger partial charge in [-0.2, -0.15) is 0 Å². The van der Waals surface area contributed by atoms with Crippen molar-refractivity contribution >= 4 is 17.5 Å². The van der Waals surface area contributed by atoms with Gasteiger partial charge in [0.2, 0.25) is 0 Å². The highest BCUT2D eigenvalue weighted by Crippen LogP contribution is 2.10. The number of benzene rings is 1. The van der Waals surface area contributed by atoms with E-state index in [-0.39, 0.29) is 12.5 Å². The van der Waals surface area contributed by atoms with E-state index < -0.39 is 6.10 Å². The third-order valence-corrected chi connectivity index (χ3v) is 2.29. The normalized spacial score (nSPS) is 12.2. The van der Waals surface area contributed by atoms with Crippen molar-refractivity contribution in [1.82, 2.24) is 5.32 Å². The predicted molar refractivity (Wildman–Crippen MR) is 60.1 cm³/mol. The first-order chi connectivity index (χ1) is 7.13. The second-order valence-electron chi connectivity index (χ2n) is 3.28. The Morgan fingerprint density at radius 2 is 2.33 bits per heavy atom. The van der Waals surface area contributed by atoms with E-state index in [0.717, 1.165) is 0 Å². The summed E-state index contributed by atoms with van der Waals surface area (Å²) in [4.78, 5) is 11.5. The van der Waals surface area contributed by atoms with Crippen LogP contribution in [0.15, 0.2) is 24.3 Å². The molecule has 0 radical (unpaired) electrons. The third kappa shape index (κ3) is 3.90. The maximum Gasteiger partial charge on any atom is 0.251 e. The number of carbonyl (C=O) groups is 1. The number of nitrogens with one attached hydrogen (secondary N) is 1. The van der Waals surface area contributed by atoms with Crippen LogP contribution in [0.5, 0.6) is 0 Å². The van der Waals surface area contributed by atoms with Crippen LogP contribution in [-0.2, 0) is 0 Å². The summed E-state index contributed by atoms with van der Waals surface area (Å²) < 4.78 is 0. The van der Waals surface area contributed by atoms with E-state index in [4.69, 9.17) is 11.6 Å². The quantitative estimate of drug-likeness (QED) is 0.825. The molecule has 2 N–H and O–H groups in total. The summed E-state index contributed by atoms with van der Waals surface area (Å²) in [5.41, 5.74) is 0.505. The molecule has 4 heteroatoms. The molecule has 0 spiro atoms. The fraction of sp³-hybridized carbons (Fsp3) is 0.364. The van der Waals surface area contributed by atoms with E-state index in [1.807, 2.05) is 6.92 Å². The van der Waals surface area contributed by atoms with E-state index in [0.29, 0.717) is 17.0 Å². The van der Waals surface area contributed by atoms with Crippen LogP contribution < -0.4 is 5.32 Å². The molecule has 0 aliphatic carbocycles. The van der Waals surface area contributed by atoms with Crippen LogP contribution >= 0.6 is 11.6 Å². The van der Waals surface area contributed by atoms with Crippen molar-refractivity contribution in [2.75, 3.05) is 6.54 Å². The highest BCUT2D eigenvalue weighted by atomic mass is 35.5. The summed E-state index contributed by atoms with van der Waals surface area (Å²) in [6.07, 6.45) is 0.128. The van der Waals surface area contributed by atoms with Gasteiger partial charge in [-0.1, -0.05) is 24.6 Å². The lowest BCUT2D eigenvalue weighted by atomic mass is 10.2. The summed E-state index contributed by atoms with van der Waals surface area (Å²) in [5, 5.41) is 12.4. The van der Waals surface area contributed by atoms with E-state index in [1.54, 1.807) is 24.3 Å². The molecular formula is C11H14ClNO2. The fourth-order valence-corrected chi connectivity index (χ4v) is 1.28.